The Morgan fingerprint density at radius 3 is 2.76 bits per heavy atom. The fourth-order valence-corrected chi connectivity index (χ4v) is 4.22. The molecule has 0 bridgehead atoms. The van der Waals surface area contributed by atoms with Crippen molar-refractivity contribution in [3.05, 3.63) is 88.4 Å². The van der Waals surface area contributed by atoms with Crippen LogP contribution in [0.5, 0.6) is 0 Å². The van der Waals surface area contributed by atoms with Crippen LogP contribution in [0.15, 0.2) is 81.2 Å². The van der Waals surface area contributed by atoms with Gasteiger partial charge in [0.05, 0.1) is 10.6 Å². The van der Waals surface area contributed by atoms with Crippen LogP contribution in [0.3, 0.4) is 0 Å². The molecule has 0 saturated carbocycles. The molecule has 3 aromatic rings. The lowest BCUT2D eigenvalue weighted by atomic mass is 9.95. The Morgan fingerprint density at radius 1 is 1.17 bits per heavy atom. The standard InChI is InChI=1S/C21H16BrFN4OS/c22-14-6-9-18-19(11-14)29-27-20(26-18)21(28)25-12-16(17-3-1-2-10-24-17)13-4-7-15(23)8-5-13/h1-11,16H,12H2,(H,25,28)(H,26,27). The van der Waals surface area contributed by atoms with Crippen LogP contribution in [0.25, 0.3) is 0 Å². The molecule has 1 amide bonds. The molecule has 29 heavy (non-hydrogen) atoms. The molecule has 2 heterocycles. The van der Waals surface area contributed by atoms with Crippen LogP contribution in [0.1, 0.15) is 17.2 Å². The van der Waals surface area contributed by atoms with Crippen molar-refractivity contribution in [3.63, 3.8) is 0 Å². The van der Waals surface area contributed by atoms with Gasteiger partial charge in [0.2, 0.25) is 5.84 Å². The number of benzene rings is 2. The summed E-state index contributed by atoms with van der Waals surface area (Å²) in [6, 6.07) is 17.5. The van der Waals surface area contributed by atoms with Crippen LogP contribution in [0.4, 0.5) is 10.1 Å². The van der Waals surface area contributed by atoms with Gasteiger partial charge in [-0.1, -0.05) is 34.1 Å². The number of nitrogens with zero attached hydrogens (tertiary/aromatic N) is 2. The molecule has 2 N–H and O–H groups in total. The molecular weight excluding hydrogens is 455 g/mol. The third-order valence-electron chi connectivity index (χ3n) is 4.41. The van der Waals surface area contributed by atoms with E-state index in [0.29, 0.717) is 6.54 Å². The third kappa shape index (κ3) is 4.65. The lowest BCUT2D eigenvalue weighted by Crippen LogP contribution is -2.40. The smallest absolute Gasteiger partial charge is 0.287 e. The Bertz CT molecular complexity index is 1060. The molecule has 1 atom stereocenters. The van der Waals surface area contributed by atoms with Gasteiger partial charge in [-0.15, -0.1) is 0 Å². The van der Waals surface area contributed by atoms with Crippen LogP contribution in [-0.4, -0.2) is 23.3 Å². The number of fused-ring (bicyclic) bond motifs is 1. The number of aliphatic imine (C=N–C) groups is 1. The number of amides is 1. The Balaban J connectivity index is 1.52. The fourth-order valence-electron chi connectivity index (χ4n) is 2.95. The van der Waals surface area contributed by atoms with E-state index in [1.165, 1.54) is 24.1 Å². The maximum absolute atomic E-state index is 13.3. The summed E-state index contributed by atoms with van der Waals surface area (Å²) >= 11 is 4.77. The summed E-state index contributed by atoms with van der Waals surface area (Å²) in [7, 11) is 0. The van der Waals surface area contributed by atoms with Crippen LogP contribution in [-0.2, 0) is 4.79 Å². The molecule has 1 aromatic heterocycles. The Morgan fingerprint density at radius 2 is 2.00 bits per heavy atom. The average Bonchev–Trinajstić information content (AvgIpc) is 2.75. The molecule has 1 aliphatic heterocycles. The Hall–Kier alpha value is -2.71. The fraction of sp³-hybridized carbons (Fsp3) is 0.0952. The van der Waals surface area contributed by atoms with Gasteiger partial charge in [0.25, 0.3) is 5.91 Å². The van der Waals surface area contributed by atoms with E-state index in [-0.39, 0.29) is 23.5 Å². The predicted octanol–water partition coefficient (Wildman–Crippen LogP) is 4.57. The highest BCUT2D eigenvalue weighted by Crippen LogP contribution is 2.33. The first kappa shape index (κ1) is 19.6. The third-order valence-corrected chi connectivity index (χ3v) is 5.75. The second-order valence-corrected chi connectivity index (χ2v) is 8.11. The molecule has 0 aliphatic carbocycles. The highest BCUT2D eigenvalue weighted by Gasteiger charge is 2.21. The van der Waals surface area contributed by atoms with Crippen molar-refractivity contribution in [1.82, 2.24) is 15.0 Å². The number of nitrogens with one attached hydrogen (secondary N) is 2. The van der Waals surface area contributed by atoms with Gasteiger partial charge in [-0.2, -0.15) is 0 Å². The summed E-state index contributed by atoms with van der Waals surface area (Å²) in [6.45, 7) is 0.306. The number of carbonyl (C=O) groups excluding carboxylic acids is 1. The molecule has 0 saturated heterocycles. The van der Waals surface area contributed by atoms with Gasteiger partial charge >= 0.3 is 0 Å². The SMILES string of the molecule is O=C(NCC(c1ccc(F)cc1)c1ccccn1)C1=Nc2ccc(Br)cc2SN1. The first-order valence-corrected chi connectivity index (χ1v) is 10.5. The first-order valence-electron chi connectivity index (χ1n) is 8.86. The van der Waals surface area contributed by atoms with Gasteiger partial charge in [-0.05, 0) is 60.0 Å². The summed E-state index contributed by atoms with van der Waals surface area (Å²) in [5.41, 5.74) is 2.40. The van der Waals surface area contributed by atoms with Crippen LogP contribution >= 0.6 is 27.9 Å². The Labute approximate surface area is 180 Å². The lowest BCUT2D eigenvalue weighted by Gasteiger charge is -2.20. The molecule has 5 nitrogen and oxygen atoms in total. The van der Waals surface area contributed by atoms with E-state index in [2.05, 4.69) is 35.9 Å². The molecule has 8 heteroatoms. The van der Waals surface area contributed by atoms with Crippen molar-refractivity contribution >= 4 is 45.3 Å². The quantitative estimate of drug-likeness (QED) is 0.535. The second kappa shape index (κ2) is 8.75. The van der Waals surface area contributed by atoms with Crippen molar-refractivity contribution in [3.8, 4) is 0 Å². The van der Waals surface area contributed by atoms with Gasteiger partial charge in [-0.3, -0.25) is 9.78 Å². The zero-order chi connectivity index (χ0) is 20.2. The van der Waals surface area contributed by atoms with Gasteiger partial charge < -0.3 is 10.0 Å². The molecule has 1 unspecified atom stereocenters. The number of halogens is 2. The van der Waals surface area contributed by atoms with E-state index in [9.17, 15) is 9.18 Å². The first-order chi connectivity index (χ1) is 14.1. The van der Waals surface area contributed by atoms with Crippen LogP contribution in [0.2, 0.25) is 0 Å². The molecule has 0 radical (unpaired) electrons. The van der Waals surface area contributed by atoms with Gasteiger partial charge in [-0.25, -0.2) is 9.38 Å². The zero-order valence-corrected chi connectivity index (χ0v) is 17.5. The maximum atomic E-state index is 13.3. The van der Waals surface area contributed by atoms with E-state index >= 15 is 0 Å². The van der Waals surface area contributed by atoms with Crippen molar-refractivity contribution in [2.24, 2.45) is 4.99 Å². The van der Waals surface area contributed by atoms with Crippen LogP contribution < -0.4 is 10.0 Å². The number of hydrogen-bond donors (Lipinski definition) is 2. The van der Waals surface area contributed by atoms with E-state index in [4.69, 9.17) is 0 Å². The molecule has 0 fully saturated rings. The molecule has 4 rings (SSSR count). The monoisotopic (exact) mass is 470 g/mol. The number of carbonyl (C=O) groups is 1. The minimum atomic E-state index is -0.311. The highest BCUT2D eigenvalue weighted by atomic mass is 79.9. The van der Waals surface area contributed by atoms with E-state index in [0.717, 1.165) is 26.3 Å². The maximum Gasteiger partial charge on any atom is 0.287 e. The summed E-state index contributed by atoms with van der Waals surface area (Å²) in [5, 5.41) is 2.92. The summed E-state index contributed by atoms with van der Waals surface area (Å²) in [6.07, 6.45) is 1.70. The zero-order valence-electron chi connectivity index (χ0n) is 15.1. The molecule has 2 aromatic carbocycles. The van der Waals surface area contributed by atoms with E-state index < -0.39 is 0 Å². The number of amidine groups is 1. The number of rotatable bonds is 5. The normalized spacial score (nSPS) is 13.7. The van der Waals surface area contributed by atoms with Crippen LogP contribution in [0, 0.1) is 5.82 Å². The average molecular weight is 471 g/mol. The van der Waals surface area contributed by atoms with E-state index in [1.54, 1.807) is 18.3 Å². The molecule has 146 valence electrons. The van der Waals surface area contributed by atoms with Gasteiger partial charge in [0, 0.05) is 28.8 Å². The van der Waals surface area contributed by atoms with Crippen molar-refractivity contribution in [1.29, 1.82) is 0 Å². The topological polar surface area (TPSA) is 66.4 Å². The van der Waals surface area contributed by atoms with Crippen molar-refractivity contribution < 1.29 is 9.18 Å². The largest absolute Gasteiger partial charge is 0.348 e. The molecule has 0 spiro atoms. The number of pyridine rings is 1. The second-order valence-electron chi connectivity index (χ2n) is 6.35. The minimum Gasteiger partial charge on any atom is -0.348 e. The number of hydrogen-bond acceptors (Lipinski definition) is 5. The highest BCUT2D eigenvalue weighted by molar-refractivity contribution is 9.10. The summed E-state index contributed by atoms with van der Waals surface area (Å²) < 4.78 is 17.3. The van der Waals surface area contributed by atoms with Gasteiger partial charge in [0.15, 0.2) is 0 Å². The molecule has 1 aliphatic rings. The van der Waals surface area contributed by atoms with Crippen molar-refractivity contribution in [2.45, 2.75) is 10.8 Å². The summed E-state index contributed by atoms with van der Waals surface area (Å²) in [4.78, 5) is 22.4. The van der Waals surface area contributed by atoms with Crippen molar-refractivity contribution in [2.75, 3.05) is 6.54 Å². The van der Waals surface area contributed by atoms with Gasteiger partial charge in [0.1, 0.15) is 5.82 Å². The summed E-state index contributed by atoms with van der Waals surface area (Å²) in [5.74, 6) is -0.584. The molecular formula is C21H16BrFN4OS. The van der Waals surface area contributed by atoms with E-state index in [1.807, 2.05) is 36.4 Å². The minimum absolute atomic E-state index is 0.208. The predicted molar refractivity (Wildman–Crippen MR) is 116 cm³/mol. The lowest BCUT2D eigenvalue weighted by molar-refractivity contribution is -0.115. The number of aromatic nitrogens is 1. The Kier molecular flexibility index (Phi) is 5.92.